The lowest BCUT2D eigenvalue weighted by Gasteiger charge is -2.10. The smallest absolute Gasteiger partial charge is 0.338 e. The summed E-state index contributed by atoms with van der Waals surface area (Å²) < 4.78 is 4.93. The average molecular weight is 237 g/mol. The van der Waals surface area contributed by atoms with Crippen LogP contribution in [-0.4, -0.2) is 23.0 Å². The van der Waals surface area contributed by atoms with Gasteiger partial charge in [-0.25, -0.2) is 4.79 Å². The fraction of sp³-hybridized carbons (Fsp3) is 0.500. The van der Waals surface area contributed by atoms with Gasteiger partial charge in [0.05, 0.1) is 5.56 Å². The highest BCUT2D eigenvalue weighted by Gasteiger charge is 2.24. The molecular formula is C12H15NO4. The van der Waals surface area contributed by atoms with Crippen LogP contribution in [0.15, 0.2) is 16.7 Å². The fourth-order valence-electron chi connectivity index (χ4n) is 2.16. The van der Waals surface area contributed by atoms with Crippen LogP contribution in [0.3, 0.4) is 0 Å². The Bertz CT molecular complexity index is 437. The zero-order valence-corrected chi connectivity index (χ0v) is 9.60. The van der Waals surface area contributed by atoms with Crippen LogP contribution in [0.1, 0.15) is 47.1 Å². The highest BCUT2D eigenvalue weighted by Crippen LogP contribution is 2.24. The zero-order chi connectivity index (χ0) is 12.4. The van der Waals surface area contributed by atoms with Gasteiger partial charge >= 0.3 is 5.97 Å². The SMILES string of the molecule is CC1CCC(NC(=O)c2cc(C(=O)O)co2)C1. The normalized spacial score (nSPS) is 23.6. The zero-order valence-electron chi connectivity index (χ0n) is 9.60. The Kier molecular flexibility index (Phi) is 3.17. The summed E-state index contributed by atoms with van der Waals surface area (Å²) >= 11 is 0. The molecule has 5 nitrogen and oxygen atoms in total. The average Bonchev–Trinajstić information content (AvgIpc) is 2.86. The van der Waals surface area contributed by atoms with Gasteiger partial charge in [-0.15, -0.1) is 0 Å². The minimum atomic E-state index is -1.10. The lowest BCUT2D eigenvalue weighted by molar-refractivity contribution is 0.0695. The van der Waals surface area contributed by atoms with Gasteiger partial charge in [0.1, 0.15) is 6.26 Å². The highest BCUT2D eigenvalue weighted by atomic mass is 16.4. The van der Waals surface area contributed by atoms with Gasteiger partial charge in [-0.3, -0.25) is 4.79 Å². The molecule has 0 aromatic carbocycles. The first-order valence-electron chi connectivity index (χ1n) is 5.69. The molecule has 5 heteroatoms. The maximum Gasteiger partial charge on any atom is 0.338 e. The largest absolute Gasteiger partial charge is 0.478 e. The van der Waals surface area contributed by atoms with E-state index in [0.29, 0.717) is 5.92 Å². The Morgan fingerprint density at radius 3 is 2.76 bits per heavy atom. The van der Waals surface area contributed by atoms with E-state index in [9.17, 15) is 9.59 Å². The number of furan rings is 1. The molecule has 0 aliphatic heterocycles. The van der Waals surface area contributed by atoms with E-state index in [1.165, 1.54) is 6.07 Å². The van der Waals surface area contributed by atoms with Crippen molar-refractivity contribution in [2.45, 2.75) is 32.2 Å². The molecule has 0 bridgehead atoms. The van der Waals surface area contributed by atoms with Crippen molar-refractivity contribution in [1.29, 1.82) is 0 Å². The molecule has 17 heavy (non-hydrogen) atoms. The maximum absolute atomic E-state index is 11.7. The predicted octanol–water partition coefficient (Wildman–Crippen LogP) is 1.90. The van der Waals surface area contributed by atoms with Crippen LogP contribution < -0.4 is 5.32 Å². The van der Waals surface area contributed by atoms with Gasteiger partial charge in [0.15, 0.2) is 5.76 Å². The number of aromatic carboxylic acids is 1. The molecule has 1 fully saturated rings. The number of carboxylic acid groups (broad SMARTS) is 1. The second-order valence-electron chi connectivity index (χ2n) is 4.59. The quantitative estimate of drug-likeness (QED) is 0.841. The molecule has 2 N–H and O–H groups in total. The summed E-state index contributed by atoms with van der Waals surface area (Å²) in [6.07, 6.45) is 4.13. The van der Waals surface area contributed by atoms with Crippen LogP contribution >= 0.6 is 0 Å². The first-order valence-corrected chi connectivity index (χ1v) is 5.69. The molecule has 92 valence electrons. The lowest BCUT2D eigenvalue weighted by Crippen LogP contribution is -2.32. The van der Waals surface area contributed by atoms with Gasteiger partial charge in [0, 0.05) is 12.1 Å². The van der Waals surface area contributed by atoms with Crippen molar-refractivity contribution in [3.63, 3.8) is 0 Å². The van der Waals surface area contributed by atoms with Crippen LogP contribution in [0.4, 0.5) is 0 Å². The molecule has 2 rings (SSSR count). The van der Waals surface area contributed by atoms with Gasteiger partial charge in [0.2, 0.25) is 0 Å². The molecule has 0 spiro atoms. The molecule has 1 saturated carbocycles. The highest BCUT2D eigenvalue weighted by molar-refractivity contribution is 5.95. The Morgan fingerprint density at radius 1 is 1.47 bits per heavy atom. The van der Waals surface area contributed by atoms with Crippen molar-refractivity contribution >= 4 is 11.9 Å². The molecular weight excluding hydrogens is 222 g/mol. The van der Waals surface area contributed by atoms with Gasteiger partial charge in [-0.05, 0) is 25.2 Å². The number of carbonyl (C=O) groups is 2. The minimum absolute atomic E-state index is 0.00469. The van der Waals surface area contributed by atoms with Crippen molar-refractivity contribution in [3.8, 4) is 0 Å². The second kappa shape index (κ2) is 4.61. The maximum atomic E-state index is 11.7. The van der Waals surface area contributed by atoms with Crippen LogP contribution in [0.2, 0.25) is 0 Å². The molecule has 1 aromatic rings. The topological polar surface area (TPSA) is 79.5 Å². The molecule has 1 aliphatic carbocycles. The third-order valence-electron chi connectivity index (χ3n) is 3.10. The summed E-state index contributed by atoms with van der Waals surface area (Å²) in [5.74, 6) is -0.743. The molecule has 1 aromatic heterocycles. The van der Waals surface area contributed by atoms with Crippen molar-refractivity contribution in [2.24, 2.45) is 5.92 Å². The van der Waals surface area contributed by atoms with Gasteiger partial charge < -0.3 is 14.8 Å². The van der Waals surface area contributed by atoms with Crippen molar-refractivity contribution in [1.82, 2.24) is 5.32 Å². The summed E-state index contributed by atoms with van der Waals surface area (Å²) in [4.78, 5) is 22.4. The Hall–Kier alpha value is -1.78. The van der Waals surface area contributed by atoms with E-state index in [-0.39, 0.29) is 23.3 Å². The van der Waals surface area contributed by atoms with E-state index < -0.39 is 5.97 Å². The van der Waals surface area contributed by atoms with Crippen molar-refractivity contribution < 1.29 is 19.1 Å². The molecule has 2 unspecified atom stereocenters. The standard InChI is InChI=1S/C12H15NO4/c1-7-2-3-9(4-7)13-11(14)10-5-8(6-17-10)12(15)16/h5-7,9H,2-4H2,1H3,(H,13,14)(H,15,16). The number of carboxylic acids is 1. The molecule has 0 saturated heterocycles. The molecule has 2 atom stereocenters. The van der Waals surface area contributed by atoms with E-state index >= 15 is 0 Å². The lowest BCUT2D eigenvalue weighted by atomic mass is 10.1. The number of hydrogen-bond donors (Lipinski definition) is 2. The van der Waals surface area contributed by atoms with E-state index in [4.69, 9.17) is 9.52 Å². The van der Waals surface area contributed by atoms with Crippen molar-refractivity contribution in [3.05, 3.63) is 23.7 Å². The van der Waals surface area contributed by atoms with E-state index in [1.54, 1.807) is 0 Å². The number of nitrogens with one attached hydrogen (secondary N) is 1. The van der Waals surface area contributed by atoms with Crippen molar-refractivity contribution in [2.75, 3.05) is 0 Å². The number of rotatable bonds is 3. The summed E-state index contributed by atoms with van der Waals surface area (Å²) in [7, 11) is 0. The van der Waals surface area contributed by atoms with Gasteiger partial charge in [0.25, 0.3) is 5.91 Å². The van der Waals surface area contributed by atoms with Crippen LogP contribution in [0, 0.1) is 5.92 Å². The third kappa shape index (κ3) is 2.67. The Balaban J connectivity index is 1.97. The number of amides is 1. The summed E-state index contributed by atoms with van der Waals surface area (Å²) in [6.45, 7) is 2.15. The fourth-order valence-corrected chi connectivity index (χ4v) is 2.16. The summed E-state index contributed by atoms with van der Waals surface area (Å²) in [5, 5.41) is 11.6. The molecule has 1 aliphatic rings. The van der Waals surface area contributed by atoms with Gasteiger partial charge in [-0.1, -0.05) is 6.92 Å². The predicted molar refractivity (Wildman–Crippen MR) is 59.9 cm³/mol. The summed E-state index contributed by atoms with van der Waals surface area (Å²) in [5.41, 5.74) is -0.00469. The monoisotopic (exact) mass is 237 g/mol. The van der Waals surface area contributed by atoms with Crippen LogP contribution in [0.25, 0.3) is 0 Å². The Morgan fingerprint density at radius 2 is 2.24 bits per heavy atom. The van der Waals surface area contributed by atoms with E-state index in [2.05, 4.69) is 12.2 Å². The van der Waals surface area contributed by atoms with E-state index in [0.717, 1.165) is 25.5 Å². The first kappa shape index (κ1) is 11.7. The van der Waals surface area contributed by atoms with Crippen LogP contribution in [-0.2, 0) is 0 Å². The third-order valence-corrected chi connectivity index (χ3v) is 3.10. The van der Waals surface area contributed by atoms with E-state index in [1.807, 2.05) is 0 Å². The van der Waals surface area contributed by atoms with Gasteiger partial charge in [-0.2, -0.15) is 0 Å². The Labute approximate surface area is 98.8 Å². The van der Waals surface area contributed by atoms with Crippen LogP contribution in [0.5, 0.6) is 0 Å². The first-order chi connectivity index (χ1) is 8.06. The second-order valence-corrected chi connectivity index (χ2v) is 4.59. The summed E-state index contributed by atoms with van der Waals surface area (Å²) in [6, 6.07) is 1.42. The number of carbonyl (C=O) groups excluding carboxylic acids is 1. The molecule has 1 amide bonds. The number of hydrogen-bond acceptors (Lipinski definition) is 3. The molecule has 0 radical (unpaired) electrons. The minimum Gasteiger partial charge on any atom is -0.478 e. The molecule has 1 heterocycles.